The van der Waals surface area contributed by atoms with Crippen molar-refractivity contribution in [2.75, 3.05) is 7.11 Å². The fourth-order valence-corrected chi connectivity index (χ4v) is 6.20. The number of ether oxygens (including phenoxy) is 2. The first-order valence-electron chi connectivity index (χ1n) is 12.3. The molecular weight excluding hydrogens is 571 g/mol. The number of thiophene rings is 1. The highest BCUT2D eigenvalue weighted by Gasteiger charge is 2.25. The topological polar surface area (TPSA) is 73.1 Å². The number of nitrogens with one attached hydrogen (secondary N) is 1. The molecule has 38 heavy (non-hydrogen) atoms. The summed E-state index contributed by atoms with van der Waals surface area (Å²) in [6.07, 6.45) is 7.31. The van der Waals surface area contributed by atoms with Crippen molar-refractivity contribution in [2.24, 2.45) is 4.99 Å². The number of amides is 1. The zero-order valence-electron chi connectivity index (χ0n) is 20.8. The number of furan rings is 1. The van der Waals surface area contributed by atoms with Gasteiger partial charge in [0.15, 0.2) is 11.5 Å². The molecule has 1 amide bonds. The van der Waals surface area contributed by atoms with E-state index >= 15 is 0 Å². The second-order valence-corrected chi connectivity index (χ2v) is 10.8. The summed E-state index contributed by atoms with van der Waals surface area (Å²) in [5.74, 6) is 1.18. The van der Waals surface area contributed by atoms with Crippen molar-refractivity contribution in [1.29, 1.82) is 0 Å². The molecule has 4 aromatic rings. The maximum absolute atomic E-state index is 14.0. The third-order valence-corrected chi connectivity index (χ3v) is 8.08. The maximum atomic E-state index is 14.0. The Morgan fingerprint density at radius 3 is 2.84 bits per heavy atom. The van der Waals surface area contributed by atoms with Crippen molar-refractivity contribution < 1.29 is 23.1 Å². The highest BCUT2D eigenvalue weighted by molar-refractivity contribution is 9.10. The third kappa shape index (κ3) is 5.84. The second kappa shape index (κ2) is 12.0. The van der Waals surface area contributed by atoms with Crippen LogP contribution in [0.4, 0.5) is 9.39 Å². The fraction of sp³-hybridized carbons (Fsp3) is 0.241. The molecule has 5 rings (SSSR count). The quantitative estimate of drug-likeness (QED) is 0.204. The van der Waals surface area contributed by atoms with Crippen LogP contribution in [0.15, 0.2) is 68.7 Å². The normalized spacial score (nSPS) is 12.9. The Bertz CT molecular complexity index is 1470. The minimum atomic E-state index is -0.325. The van der Waals surface area contributed by atoms with Gasteiger partial charge >= 0.3 is 0 Å². The smallest absolute Gasteiger partial charge is 0.255 e. The first-order valence-corrected chi connectivity index (χ1v) is 13.9. The van der Waals surface area contributed by atoms with E-state index < -0.39 is 0 Å². The monoisotopic (exact) mass is 596 g/mol. The van der Waals surface area contributed by atoms with Gasteiger partial charge in [0.2, 0.25) is 0 Å². The standard InChI is InChI=1S/C29H26BrFN2O4S/c1-35-24-14-18(13-22(30)27(24)37-17-19-7-2-4-10-23(19)31)15-33-29-26(21-9-3-5-11-25(21)38-29)28(34)32-16-20-8-6-12-36-20/h2,4,6-8,10,12-15H,3,5,9,11,16-17H2,1H3,(H,32,34). The van der Waals surface area contributed by atoms with Crippen LogP contribution in [0.2, 0.25) is 0 Å². The Hall–Kier alpha value is -3.43. The lowest BCUT2D eigenvalue weighted by Crippen LogP contribution is -2.23. The van der Waals surface area contributed by atoms with Crippen molar-refractivity contribution in [3.05, 3.63) is 98.0 Å². The predicted octanol–water partition coefficient (Wildman–Crippen LogP) is 7.39. The van der Waals surface area contributed by atoms with E-state index in [9.17, 15) is 9.18 Å². The van der Waals surface area contributed by atoms with Crippen molar-refractivity contribution in [3.8, 4) is 11.5 Å². The second-order valence-electron chi connectivity index (χ2n) is 8.83. The van der Waals surface area contributed by atoms with E-state index in [0.29, 0.717) is 44.4 Å². The first-order chi connectivity index (χ1) is 18.5. The number of hydrogen-bond acceptors (Lipinski definition) is 6. The van der Waals surface area contributed by atoms with Gasteiger partial charge in [-0.1, -0.05) is 18.2 Å². The molecular formula is C29H26BrFN2O4S. The Morgan fingerprint density at radius 2 is 2.05 bits per heavy atom. The van der Waals surface area contributed by atoms with Crippen molar-refractivity contribution >= 4 is 44.4 Å². The molecule has 0 unspecified atom stereocenters. The van der Waals surface area contributed by atoms with Crippen LogP contribution in [0.3, 0.4) is 0 Å². The SMILES string of the molecule is COc1cc(C=Nc2sc3c(c2C(=O)NCc2ccco2)CCCC3)cc(Br)c1OCc1ccccc1F. The number of carbonyl (C=O) groups is 1. The molecule has 0 bridgehead atoms. The number of methoxy groups -OCH3 is 1. The summed E-state index contributed by atoms with van der Waals surface area (Å²) in [4.78, 5) is 19.2. The number of fused-ring (bicyclic) bond motifs is 1. The van der Waals surface area contributed by atoms with Crippen LogP contribution >= 0.6 is 27.3 Å². The van der Waals surface area contributed by atoms with E-state index in [0.717, 1.165) is 36.8 Å². The molecule has 0 atom stereocenters. The van der Waals surface area contributed by atoms with Gasteiger partial charge in [-0.05, 0) is 83.1 Å². The van der Waals surface area contributed by atoms with E-state index in [4.69, 9.17) is 18.9 Å². The lowest BCUT2D eigenvalue weighted by molar-refractivity contribution is 0.0948. The fourth-order valence-electron chi connectivity index (χ4n) is 4.40. The zero-order chi connectivity index (χ0) is 26.5. The molecule has 0 saturated heterocycles. The number of rotatable bonds is 9. The van der Waals surface area contributed by atoms with Gasteiger partial charge in [0.25, 0.3) is 5.91 Å². The number of aryl methyl sites for hydroxylation is 1. The largest absolute Gasteiger partial charge is 0.493 e. The molecule has 9 heteroatoms. The molecule has 1 N–H and O–H groups in total. The lowest BCUT2D eigenvalue weighted by Gasteiger charge is -2.14. The van der Waals surface area contributed by atoms with Gasteiger partial charge < -0.3 is 19.2 Å². The van der Waals surface area contributed by atoms with Crippen LogP contribution in [-0.2, 0) is 26.0 Å². The van der Waals surface area contributed by atoms with Crippen molar-refractivity contribution in [3.63, 3.8) is 0 Å². The summed E-state index contributed by atoms with van der Waals surface area (Å²) in [6, 6.07) is 13.8. The molecule has 0 aliphatic heterocycles. The predicted molar refractivity (Wildman–Crippen MR) is 150 cm³/mol. The first kappa shape index (κ1) is 26.2. The van der Waals surface area contributed by atoms with Gasteiger partial charge in [-0.25, -0.2) is 9.38 Å². The number of benzene rings is 2. The number of halogens is 2. The summed E-state index contributed by atoms with van der Waals surface area (Å²) in [5, 5.41) is 3.66. The van der Waals surface area contributed by atoms with Crippen LogP contribution in [0, 0.1) is 5.82 Å². The van der Waals surface area contributed by atoms with Crippen LogP contribution in [-0.4, -0.2) is 19.2 Å². The molecule has 0 radical (unpaired) electrons. The Morgan fingerprint density at radius 1 is 1.21 bits per heavy atom. The average Bonchev–Trinajstić information content (AvgIpc) is 3.58. The summed E-state index contributed by atoms with van der Waals surface area (Å²) in [7, 11) is 1.55. The Balaban J connectivity index is 1.38. The molecule has 0 spiro atoms. The maximum Gasteiger partial charge on any atom is 0.255 e. The van der Waals surface area contributed by atoms with Crippen LogP contribution in [0.25, 0.3) is 0 Å². The zero-order valence-corrected chi connectivity index (χ0v) is 23.2. The number of carbonyl (C=O) groups excluding carboxylic acids is 1. The number of hydrogen-bond donors (Lipinski definition) is 1. The average molecular weight is 598 g/mol. The van der Waals surface area contributed by atoms with Gasteiger partial charge in [-0.3, -0.25) is 4.79 Å². The minimum absolute atomic E-state index is 0.0618. The van der Waals surface area contributed by atoms with Crippen LogP contribution in [0.1, 0.15) is 50.5 Å². The molecule has 2 aromatic heterocycles. The van der Waals surface area contributed by atoms with Gasteiger partial charge in [0.05, 0.1) is 30.0 Å². The van der Waals surface area contributed by atoms with E-state index in [1.54, 1.807) is 61.3 Å². The number of aliphatic imine (C=N–C) groups is 1. The van der Waals surface area contributed by atoms with Crippen LogP contribution in [0.5, 0.6) is 11.5 Å². The molecule has 2 heterocycles. The molecule has 0 saturated carbocycles. The van der Waals surface area contributed by atoms with Crippen molar-refractivity contribution in [1.82, 2.24) is 5.32 Å². The minimum Gasteiger partial charge on any atom is -0.493 e. The van der Waals surface area contributed by atoms with E-state index in [2.05, 4.69) is 21.2 Å². The Labute approximate surface area is 232 Å². The van der Waals surface area contributed by atoms with E-state index in [1.165, 1.54) is 10.9 Å². The summed E-state index contributed by atoms with van der Waals surface area (Å²) >= 11 is 5.12. The van der Waals surface area contributed by atoms with Gasteiger partial charge in [0.1, 0.15) is 23.2 Å². The van der Waals surface area contributed by atoms with Gasteiger partial charge in [-0.15, -0.1) is 11.3 Å². The summed E-state index contributed by atoms with van der Waals surface area (Å²) < 4.78 is 31.5. The van der Waals surface area contributed by atoms with Gasteiger partial charge in [0, 0.05) is 16.7 Å². The third-order valence-electron chi connectivity index (χ3n) is 6.30. The molecule has 2 aromatic carbocycles. The Kier molecular flexibility index (Phi) is 8.24. The van der Waals surface area contributed by atoms with Crippen molar-refractivity contribution in [2.45, 2.75) is 38.8 Å². The summed E-state index contributed by atoms with van der Waals surface area (Å²) in [5.41, 5.74) is 2.95. The molecule has 6 nitrogen and oxygen atoms in total. The van der Waals surface area contributed by atoms with Crippen LogP contribution < -0.4 is 14.8 Å². The molecule has 1 aliphatic carbocycles. The number of nitrogens with zero attached hydrogens (tertiary/aromatic N) is 1. The molecule has 196 valence electrons. The highest BCUT2D eigenvalue weighted by atomic mass is 79.9. The molecule has 0 fully saturated rings. The highest BCUT2D eigenvalue weighted by Crippen LogP contribution is 2.41. The van der Waals surface area contributed by atoms with E-state index in [1.807, 2.05) is 12.1 Å². The molecule has 1 aliphatic rings. The van der Waals surface area contributed by atoms with Gasteiger partial charge in [-0.2, -0.15) is 0 Å². The summed E-state index contributed by atoms with van der Waals surface area (Å²) in [6.45, 7) is 0.379. The lowest BCUT2D eigenvalue weighted by atomic mass is 9.95. The van der Waals surface area contributed by atoms with E-state index in [-0.39, 0.29) is 18.3 Å².